The highest BCUT2D eigenvalue weighted by Crippen LogP contribution is 2.35. The largest absolute Gasteiger partial charge is 0.252 e. The van der Waals surface area contributed by atoms with Crippen molar-refractivity contribution in [2.24, 2.45) is 5.92 Å². The number of hydrogen-bond acceptors (Lipinski definition) is 2. The summed E-state index contributed by atoms with van der Waals surface area (Å²) in [6.07, 6.45) is 3.74. The molecule has 12 heavy (non-hydrogen) atoms. The quantitative estimate of drug-likeness (QED) is 0.549. The van der Waals surface area contributed by atoms with E-state index in [4.69, 9.17) is 0 Å². The van der Waals surface area contributed by atoms with Crippen LogP contribution in [-0.2, 0) is 0 Å². The highest BCUT2D eigenvalue weighted by molar-refractivity contribution is 5.07. The molecule has 1 aliphatic heterocycles. The van der Waals surface area contributed by atoms with Crippen molar-refractivity contribution in [1.82, 2.24) is 10.4 Å². The number of allylic oxidation sites excluding steroid dienone is 1. The van der Waals surface area contributed by atoms with Gasteiger partial charge in [-0.2, -0.15) is 0 Å². The van der Waals surface area contributed by atoms with Crippen LogP contribution in [0.4, 0.5) is 0 Å². The van der Waals surface area contributed by atoms with Crippen LogP contribution in [0.1, 0.15) is 26.2 Å². The average Bonchev–Trinajstić information content (AvgIpc) is 2.28. The van der Waals surface area contributed by atoms with Gasteiger partial charge in [-0.3, -0.25) is 5.43 Å². The van der Waals surface area contributed by atoms with Gasteiger partial charge >= 0.3 is 0 Å². The van der Waals surface area contributed by atoms with Crippen molar-refractivity contribution in [2.45, 2.75) is 38.3 Å². The lowest BCUT2D eigenvalue weighted by Crippen LogP contribution is -2.36. The fourth-order valence-corrected chi connectivity index (χ4v) is 2.64. The Labute approximate surface area is 74.6 Å². The van der Waals surface area contributed by atoms with Crippen LogP contribution in [0.15, 0.2) is 12.2 Å². The lowest BCUT2D eigenvalue weighted by molar-refractivity contribution is 0.196. The van der Waals surface area contributed by atoms with E-state index in [1.165, 1.54) is 24.8 Å². The summed E-state index contributed by atoms with van der Waals surface area (Å²) in [5.74, 6) is 0.802. The molecule has 2 heteroatoms. The maximum absolute atomic E-state index is 4.09. The molecular formula is C10H18N2. The van der Waals surface area contributed by atoms with Gasteiger partial charge in [-0.15, -0.1) is 0 Å². The summed E-state index contributed by atoms with van der Waals surface area (Å²) in [5.41, 5.74) is 4.92. The van der Waals surface area contributed by atoms with E-state index >= 15 is 0 Å². The molecule has 1 aliphatic carbocycles. The van der Waals surface area contributed by atoms with Crippen LogP contribution in [0.2, 0.25) is 0 Å². The number of nitrogens with one attached hydrogen (secondary N) is 1. The molecule has 1 heterocycles. The number of nitrogens with zero attached hydrogens (tertiary/aromatic N) is 1. The fourth-order valence-electron chi connectivity index (χ4n) is 2.64. The molecule has 0 amide bonds. The number of hydrogen-bond donors (Lipinski definition) is 1. The molecule has 68 valence electrons. The van der Waals surface area contributed by atoms with Crippen LogP contribution in [0.3, 0.4) is 0 Å². The SMILES string of the molecule is C=C1CCC2C(C1)C(C)NN2C. The Morgan fingerprint density at radius 3 is 3.08 bits per heavy atom. The summed E-state index contributed by atoms with van der Waals surface area (Å²) in [7, 11) is 2.16. The predicted molar refractivity (Wildman–Crippen MR) is 50.6 cm³/mol. The lowest BCUT2D eigenvalue weighted by Gasteiger charge is -2.30. The smallest absolute Gasteiger partial charge is 0.0290 e. The van der Waals surface area contributed by atoms with Crippen molar-refractivity contribution >= 4 is 0 Å². The van der Waals surface area contributed by atoms with E-state index in [0.29, 0.717) is 6.04 Å². The molecule has 0 spiro atoms. The van der Waals surface area contributed by atoms with Gasteiger partial charge in [0.05, 0.1) is 0 Å². The Kier molecular flexibility index (Phi) is 1.97. The summed E-state index contributed by atoms with van der Waals surface area (Å²) >= 11 is 0. The number of rotatable bonds is 0. The zero-order valence-electron chi connectivity index (χ0n) is 8.01. The van der Waals surface area contributed by atoms with Crippen molar-refractivity contribution in [1.29, 1.82) is 0 Å². The molecule has 3 unspecified atom stereocenters. The molecule has 2 aliphatic rings. The fraction of sp³-hybridized carbons (Fsp3) is 0.800. The maximum Gasteiger partial charge on any atom is 0.0290 e. The first-order valence-electron chi connectivity index (χ1n) is 4.84. The summed E-state index contributed by atoms with van der Waals surface area (Å²) in [6, 6.07) is 1.39. The van der Waals surface area contributed by atoms with Crippen LogP contribution in [0.5, 0.6) is 0 Å². The minimum Gasteiger partial charge on any atom is -0.252 e. The van der Waals surface area contributed by atoms with Gasteiger partial charge in [-0.05, 0) is 32.1 Å². The first kappa shape index (κ1) is 8.27. The third kappa shape index (κ3) is 1.19. The highest BCUT2D eigenvalue weighted by atomic mass is 15.5. The second-order valence-corrected chi connectivity index (χ2v) is 4.25. The Morgan fingerprint density at radius 1 is 1.58 bits per heavy atom. The molecule has 0 aromatic heterocycles. The third-order valence-electron chi connectivity index (χ3n) is 3.36. The van der Waals surface area contributed by atoms with Crippen LogP contribution in [-0.4, -0.2) is 24.1 Å². The van der Waals surface area contributed by atoms with E-state index in [9.17, 15) is 0 Å². The normalized spacial score (nSPS) is 43.2. The minimum absolute atomic E-state index is 0.636. The number of fused-ring (bicyclic) bond motifs is 1. The highest BCUT2D eigenvalue weighted by Gasteiger charge is 2.39. The van der Waals surface area contributed by atoms with Gasteiger partial charge in [0.1, 0.15) is 0 Å². The van der Waals surface area contributed by atoms with Gasteiger partial charge in [-0.1, -0.05) is 12.2 Å². The van der Waals surface area contributed by atoms with Crippen LogP contribution < -0.4 is 5.43 Å². The molecular weight excluding hydrogens is 148 g/mol. The van der Waals surface area contributed by atoms with Gasteiger partial charge < -0.3 is 0 Å². The second-order valence-electron chi connectivity index (χ2n) is 4.25. The molecule has 1 saturated heterocycles. The summed E-state index contributed by atoms with van der Waals surface area (Å²) < 4.78 is 0. The van der Waals surface area contributed by atoms with Crippen molar-refractivity contribution in [3.63, 3.8) is 0 Å². The Balaban J connectivity index is 2.11. The van der Waals surface area contributed by atoms with Crippen molar-refractivity contribution in [3.8, 4) is 0 Å². The summed E-state index contributed by atoms with van der Waals surface area (Å²) in [6.45, 7) is 6.37. The lowest BCUT2D eigenvalue weighted by atomic mass is 9.80. The standard InChI is InChI=1S/C10H18N2/c1-7-4-5-10-9(6-7)8(2)11-12(10)3/h8-11H,1,4-6H2,2-3H3. The topological polar surface area (TPSA) is 15.3 Å². The first-order valence-corrected chi connectivity index (χ1v) is 4.84. The monoisotopic (exact) mass is 166 g/mol. The van der Waals surface area contributed by atoms with Gasteiger partial charge in [0, 0.05) is 19.1 Å². The Hall–Kier alpha value is -0.340. The van der Waals surface area contributed by atoms with Crippen LogP contribution in [0.25, 0.3) is 0 Å². The van der Waals surface area contributed by atoms with Crippen molar-refractivity contribution in [2.75, 3.05) is 7.05 Å². The van der Waals surface area contributed by atoms with Gasteiger partial charge in [0.15, 0.2) is 0 Å². The van der Waals surface area contributed by atoms with Crippen LogP contribution in [0, 0.1) is 5.92 Å². The average molecular weight is 166 g/mol. The van der Waals surface area contributed by atoms with E-state index in [-0.39, 0.29) is 0 Å². The molecule has 2 nitrogen and oxygen atoms in total. The number of hydrazine groups is 1. The van der Waals surface area contributed by atoms with Crippen molar-refractivity contribution in [3.05, 3.63) is 12.2 Å². The molecule has 0 aromatic rings. The predicted octanol–water partition coefficient (Wildman–Crippen LogP) is 1.55. The van der Waals surface area contributed by atoms with Crippen LogP contribution >= 0.6 is 0 Å². The van der Waals surface area contributed by atoms with E-state index in [1.807, 2.05) is 0 Å². The molecule has 0 bridgehead atoms. The van der Waals surface area contributed by atoms with Crippen molar-refractivity contribution < 1.29 is 0 Å². The zero-order chi connectivity index (χ0) is 8.72. The Morgan fingerprint density at radius 2 is 2.33 bits per heavy atom. The molecule has 0 radical (unpaired) electrons. The second kappa shape index (κ2) is 2.86. The molecule has 1 saturated carbocycles. The van der Waals surface area contributed by atoms with E-state index in [1.54, 1.807) is 0 Å². The van der Waals surface area contributed by atoms with E-state index in [2.05, 4.69) is 31.0 Å². The summed E-state index contributed by atoms with van der Waals surface area (Å²) in [4.78, 5) is 0. The van der Waals surface area contributed by atoms with Gasteiger partial charge in [0.2, 0.25) is 0 Å². The third-order valence-corrected chi connectivity index (χ3v) is 3.36. The Bertz CT molecular complexity index is 200. The molecule has 0 aromatic carbocycles. The summed E-state index contributed by atoms with van der Waals surface area (Å²) in [5, 5.41) is 2.29. The molecule has 2 rings (SSSR count). The van der Waals surface area contributed by atoms with Gasteiger partial charge in [0.25, 0.3) is 0 Å². The first-order chi connectivity index (χ1) is 5.68. The van der Waals surface area contributed by atoms with E-state index in [0.717, 1.165) is 12.0 Å². The zero-order valence-corrected chi connectivity index (χ0v) is 8.01. The molecule has 2 fully saturated rings. The molecule has 3 atom stereocenters. The van der Waals surface area contributed by atoms with Gasteiger partial charge in [-0.25, -0.2) is 5.01 Å². The molecule has 1 N–H and O–H groups in total. The van der Waals surface area contributed by atoms with E-state index < -0.39 is 0 Å². The maximum atomic E-state index is 4.09. The minimum atomic E-state index is 0.636.